The van der Waals surface area contributed by atoms with Gasteiger partial charge >= 0.3 is 59.8 Å². The molecule has 0 rings (SSSR count). The summed E-state index contributed by atoms with van der Waals surface area (Å²) in [5, 5.41) is 0. The standard InChI is InChI=1S/C6H7O.C2H6.W/c1-3-4-5-6(2)7;1-2;/h1,3H,4H2,2H3;1-2H3;/q-1;;. The van der Waals surface area contributed by atoms with Crippen molar-refractivity contribution in [2.45, 2.75) is 27.2 Å². The Morgan fingerprint density at radius 2 is 2.00 bits per heavy atom. The predicted molar refractivity (Wildman–Crippen MR) is 40.5 cm³/mol. The van der Waals surface area contributed by atoms with E-state index in [-0.39, 0.29) is 5.78 Å². The Labute approximate surface area is 73.9 Å². The third-order valence-corrected chi connectivity index (χ3v) is 2.33. The maximum absolute atomic E-state index is 10.4. The first-order chi connectivity index (χ1) is 4.68. The van der Waals surface area contributed by atoms with Gasteiger partial charge in [0.25, 0.3) is 0 Å². The Morgan fingerprint density at radius 1 is 1.60 bits per heavy atom. The molecule has 0 amide bonds. The topological polar surface area (TPSA) is 17.1 Å². The van der Waals surface area contributed by atoms with Crippen molar-refractivity contribution >= 4 is 9.68 Å². The van der Waals surface area contributed by atoms with Crippen molar-refractivity contribution in [1.29, 1.82) is 0 Å². The fourth-order valence-corrected chi connectivity index (χ4v) is 0.596. The molecule has 0 aliphatic rings. The van der Waals surface area contributed by atoms with Crippen LogP contribution in [0.15, 0.2) is 6.08 Å². The Morgan fingerprint density at radius 3 is 2.10 bits per heavy atom. The summed E-state index contributed by atoms with van der Waals surface area (Å²) in [6.45, 7) is 10.6. The molecule has 1 nitrogen and oxygen atoms in total. The van der Waals surface area contributed by atoms with Gasteiger partial charge in [0, 0.05) is 0 Å². The van der Waals surface area contributed by atoms with Crippen LogP contribution in [-0.2, 0) is 24.1 Å². The molecular weight excluding hydrogens is 296 g/mol. The Hall–Kier alpha value is -0.0317. The van der Waals surface area contributed by atoms with Gasteiger partial charge in [-0.05, 0) is 0 Å². The minimum absolute atomic E-state index is 0.154. The van der Waals surface area contributed by atoms with Crippen LogP contribution in [0.5, 0.6) is 0 Å². The fourth-order valence-electron chi connectivity index (χ4n) is 0.251. The summed E-state index contributed by atoms with van der Waals surface area (Å²) in [5.41, 5.74) is 0. The average molecular weight is 309 g/mol. The van der Waals surface area contributed by atoms with Crippen molar-refractivity contribution in [3.05, 3.63) is 12.7 Å². The van der Waals surface area contributed by atoms with Gasteiger partial charge in [-0.3, -0.25) is 0 Å². The third kappa shape index (κ3) is 7.97. The summed E-state index contributed by atoms with van der Waals surface area (Å²) in [6.07, 6.45) is 2.15. The zero-order chi connectivity index (χ0) is 8.57. The van der Waals surface area contributed by atoms with Gasteiger partial charge in [0.15, 0.2) is 0 Å². The first-order valence-electron chi connectivity index (χ1n) is 3.25. The van der Waals surface area contributed by atoms with Crippen molar-refractivity contribution < 1.29 is 24.1 Å². The van der Waals surface area contributed by atoms with Crippen molar-refractivity contribution in [3.63, 3.8) is 0 Å². The molecule has 2 heteroatoms. The molecule has 58 valence electrons. The van der Waals surface area contributed by atoms with Crippen LogP contribution in [0.3, 0.4) is 0 Å². The van der Waals surface area contributed by atoms with Gasteiger partial charge in [-0.2, -0.15) is 0 Å². The number of hydrogen-bond donors (Lipinski definition) is 0. The van der Waals surface area contributed by atoms with E-state index in [2.05, 4.69) is 0 Å². The molecule has 0 heterocycles. The molecule has 0 aromatic rings. The molecule has 0 radical (unpaired) electrons. The Kier molecular flexibility index (Phi) is 11.3. The van der Waals surface area contributed by atoms with Gasteiger partial charge in [-0.1, -0.05) is 13.8 Å². The number of allylic oxidation sites excluding steroid dienone is 1. The van der Waals surface area contributed by atoms with Crippen LogP contribution in [0.1, 0.15) is 27.2 Å². The van der Waals surface area contributed by atoms with E-state index in [1.807, 2.05) is 13.8 Å². The second-order valence-electron chi connectivity index (χ2n) is 1.42. The zero-order valence-corrected chi connectivity index (χ0v) is 9.61. The molecule has 0 atom stereocenters. The third-order valence-electron chi connectivity index (χ3n) is 0.696. The fraction of sp³-hybridized carbons (Fsp3) is 0.500. The van der Waals surface area contributed by atoms with E-state index in [1.54, 1.807) is 6.92 Å². The van der Waals surface area contributed by atoms with Crippen molar-refractivity contribution in [3.8, 4) is 0 Å². The molecule has 0 aromatic heterocycles. The van der Waals surface area contributed by atoms with E-state index in [9.17, 15) is 4.79 Å². The summed E-state index contributed by atoms with van der Waals surface area (Å²) >= 11 is 1.22. The summed E-state index contributed by atoms with van der Waals surface area (Å²) in [7, 11) is 0. The average Bonchev–Trinajstić information content (AvgIpc) is 1.93. The second-order valence-corrected chi connectivity index (χ2v) is 3.19. The molecule has 0 N–H and O–H groups in total. The number of Topliss-reactive ketones (excluding diaryl/α,β-unsaturated/α-hetero) is 1. The molecule has 0 spiro atoms. The molecule has 0 aliphatic carbocycles. The molecule has 10 heavy (non-hydrogen) atoms. The van der Waals surface area contributed by atoms with Gasteiger partial charge in [-0.15, -0.1) is 0 Å². The number of ketones is 1. The molecule has 0 fully saturated rings. The molecule has 0 unspecified atom stereocenters. The first kappa shape index (κ1) is 12.6. The SMILES string of the molecule is CC.[CH-]=CC[C](=[W])C(C)=O. The molecule has 0 aliphatic heterocycles. The summed E-state index contributed by atoms with van der Waals surface area (Å²) in [5.74, 6) is 0.154. The van der Waals surface area contributed by atoms with Gasteiger partial charge in [0.2, 0.25) is 0 Å². The van der Waals surface area contributed by atoms with Crippen molar-refractivity contribution in [1.82, 2.24) is 0 Å². The second kappa shape index (κ2) is 8.97. The quantitative estimate of drug-likeness (QED) is 0.725. The maximum atomic E-state index is 10.4. The molecule has 0 saturated carbocycles. The molecule has 0 saturated heterocycles. The number of carbonyl (C=O) groups is 1. The van der Waals surface area contributed by atoms with E-state index >= 15 is 0 Å². The normalized spacial score (nSPS) is 7.10. The number of carbonyl (C=O) groups excluding carboxylic acids is 1. The van der Waals surface area contributed by atoms with Crippen molar-refractivity contribution in [2.24, 2.45) is 0 Å². The van der Waals surface area contributed by atoms with Crippen LogP contribution < -0.4 is 0 Å². The summed E-state index contributed by atoms with van der Waals surface area (Å²) in [6, 6.07) is 0. The van der Waals surface area contributed by atoms with Crippen LogP contribution in [0.25, 0.3) is 0 Å². The van der Waals surface area contributed by atoms with Gasteiger partial charge in [-0.25, -0.2) is 0 Å². The van der Waals surface area contributed by atoms with E-state index in [4.69, 9.17) is 6.58 Å². The summed E-state index contributed by atoms with van der Waals surface area (Å²) < 4.78 is 0.896. The minimum atomic E-state index is 0.154. The van der Waals surface area contributed by atoms with Crippen LogP contribution in [0.4, 0.5) is 0 Å². The Bertz CT molecular complexity index is 127. The van der Waals surface area contributed by atoms with Crippen LogP contribution in [0.2, 0.25) is 0 Å². The van der Waals surface area contributed by atoms with Crippen LogP contribution in [-0.4, -0.2) is 9.68 Å². The molecule has 0 bridgehead atoms. The van der Waals surface area contributed by atoms with Gasteiger partial charge in [0.1, 0.15) is 0 Å². The monoisotopic (exact) mass is 309 g/mol. The van der Waals surface area contributed by atoms with Crippen molar-refractivity contribution in [2.75, 3.05) is 0 Å². The van der Waals surface area contributed by atoms with E-state index in [0.29, 0.717) is 6.42 Å². The number of rotatable bonds is 3. The van der Waals surface area contributed by atoms with E-state index in [1.165, 1.54) is 25.4 Å². The van der Waals surface area contributed by atoms with Crippen LogP contribution >= 0.6 is 0 Å². The van der Waals surface area contributed by atoms with Gasteiger partial charge < -0.3 is 0 Å². The molecular formula is C8H13OW-. The Balaban J connectivity index is 0. The van der Waals surface area contributed by atoms with E-state index < -0.39 is 0 Å². The van der Waals surface area contributed by atoms with Crippen LogP contribution in [0, 0.1) is 6.58 Å². The zero-order valence-electron chi connectivity index (χ0n) is 6.68. The molecule has 0 aromatic carbocycles. The number of hydrogen-bond acceptors (Lipinski definition) is 1. The summed E-state index contributed by atoms with van der Waals surface area (Å²) in [4.78, 5) is 10.4. The predicted octanol–water partition coefficient (Wildman–Crippen LogP) is 1.70. The first-order valence-corrected chi connectivity index (χ1v) is 4.72. The van der Waals surface area contributed by atoms with Gasteiger partial charge in [0.05, 0.1) is 0 Å². The van der Waals surface area contributed by atoms with E-state index in [0.717, 1.165) is 3.90 Å².